The van der Waals surface area contributed by atoms with Gasteiger partial charge in [-0.05, 0) is 82.4 Å². The Kier molecular flexibility index (Phi) is 5.92. The number of nitrogens with zero attached hydrogens (tertiary/aromatic N) is 1. The number of rotatable bonds is 5. The summed E-state index contributed by atoms with van der Waals surface area (Å²) in [4.78, 5) is 2.48. The van der Waals surface area contributed by atoms with Crippen molar-refractivity contribution >= 4 is 9.84 Å². The second-order valence-electron chi connectivity index (χ2n) is 8.26. The molecule has 0 aromatic heterocycles. The molecule has 0 atom stereocenters. The second-order valence-corrected chi connectivity index (χ2v) is 10.3. The maximum absolute atomic E-state index is 13.9. The van der Waals surface area contributed by atoms with Gasteiger partial charge in [-0.15, -0.1) is 0 Å². The van der Waals surface area contributed by atoms with E-state index in [1.807, 2.05) is 0 Å². The van der Waals surface area contributed by atoms with Gasteiger partial charge in [0.1, 0.15) is 11.6 Å². The van der Waals surface area contributed by atoms with Gasteiger partial charge in [-0.25, -0.2) is 17.2 Å². The Morgan fingerprint density at radius 2 is 1.64 bits per heavy atom. The minimum atomic E-state index is -3.40. The Hall–Kier alpha value is -1.79. The Morgan fingerprint density at radius 1 is 1.04 bits per heavy atom. The van der Waals surface area contributed by atoms with Gasteiger partial charge in [-0.3, -0.25) is 0 Å². The lowest BCUT2D eigenvalue weighted by molar-refractivity contribution is 0.102. The molecule has 3 nitrogen and oxygen atoms in total. The molecule has 1 aliphatic rings. The molecule has 28 heavy (non-hydrogen) atoms. The molecule has 0 N–H and O–H groups in total. The highest BCUT2D eigenvalue weighted by atomic mass is 32.2. The zero-order chi connectivity index (χ0) is 20.5. The molecule has 0 heterocycles. The summed E-state index contributed by atoms with van der Waals surface area (Å²) in [5.41, 5.74) is 0.915. The second kappa shape index (κ2) is 7.91. The van der Waals surface area contributed by atoms with Crippen molar-refractivity contribution in [3.05, 3.63) is 54.1 Å². The van der Waals surface area contributed by atoms with Crippen LogP contribution in [0.1, 0.15) is 32.6 Å². The molecule has 1 fully saturated rings. The summed E-state index contributed by atoms with van der Waals surface area (Å²) >= 11 is 0. The van der Waals surface area contributed by atoms with Crippen LogP contribution < -0.4 is 0 Å². The van der Waals surface area contributed by atoms with Gasteiger partial charge < -0.3 is 4.90 Å². The van der Waals surface area contributed by atoms with Crippen molar-refractivity contribution in [3.63, 3.8) is 0 Å². The zero-order valence-corrected chi connectivity index (χ0v) is 17.4. The Bertz CT molecular complexity index is 932. The first-order valence-electron chi connectivity index (χ1n) is 9.56. The monoisotopic (exact) mass is 407 g/mol. The summed E-state index contributed by atoms with van der Waals surface area (Å²) in [7, 11) is 0.743. The molecule has 0 spiro atoms. The van der Waals surface area contributed by atoms with Gasteiger partial charge in [0.15, 0.2) is 9.84 Å². The Morgan fingerprint density at radius 3 is 2.18 bits per heavy atom. The van der Waals surface area contributed by atoms with Gasteiger partial charge in [0, 0.05) is 17.2 Å². The van der Waals surface area contributed by atoms with Crippen LogP contribution in [0.2, 0.25) is 0 Å². The normalized spacial score (nSPS) is 23.1. The molecule has 0 radical (unpaired) electrons. The van der Waals surface area contributed by atoms with Crippen LogP contribution in [0.5, 0.6) is 0 Å². The highest BCUT2D eigenvalue weighted by Gasteiger charge is 2.34. The molecular formula is C22H27F2NO2S. The summed E-state index contributed by atoms with van der Waals surface area (Å²) in [6.07, 6.45) is 3.77. The molecule has 2 aromatic rings. The minimum Gasteiger partial charge on any atom is -0.304 e. The molecule has 0 unspecified atom stereocenters. The van der Waals surface area contributed by atoms with Crippen molar-refractivity contribution in [1.29, 1.82) is 0 Å². The third-order valence-electron chi connectivity index (χ3n) is 6.17. The molecule has 0 saturated heterocycles. The predicted molar refractivity (Wildman–Crippen MR) is 108 cm³/mol. The van der Waals surface area contributed by atoms with Crippen molar-refractivity contribution in [2.24, 2.45) is 5.92 Å². The van der Waals surface area contributed by atoms with Crippen LogP contribution in [0.3, 0.4) is 0 Å². The first-order valence-corrected chi connectivity index (χ1v) is 11.2. The van der Waals surface area contributed by atoms with E-state index < -0.39 is 21.5 Å². The van der Waals surface area contributed by atoms with Gasteiger partial charge in [0.05, 0.1) is 10.6 Å². The number of halogens is 2. The van der Waals surface area contributed by atoms with Crippen LogP contribution in [0, 0.1) is 17.6 Å². The van der Waals surface area contributed by atoms with Gasteiger partial charge in [-0.1, -0.05) is 12.1 Å². The summed E-state index contributed by atoms with van der Waals surface area (Å²) in [5, 5.41) is 0. The van der Waals surface area contributed by atoms with Crippen LogP contribution in [0.25, 0.3) is 11.1 Å². The van der Waals surface area contributed by atoms with Crippen LogP contribution >= 0.6 is 0 Å². The van der Waals surface area contributed by atoms with Crippen LogP contribution in [0.15, 0.2) is 47.4 Å². The third kappa shape index (κ3) is 4.44. The topological polar surface area (TPSA) is 37.4 Å². The van der Waals surface area contributed by atoms with E-state index in [9.17, 15) is 17.2 Å². The lowest BCUT2D eigenvalue weighted by Crippen LogP contribution is -2.44. The average Bonchev–Trinajstić information content (AvgIpc) is 2.64. The molecule has 152 valence electrons. The Balaban J connectivity index is 1.71. The predicted octanol–water partition coefficient (Wildman–Crippen LogP) is 4.92. The van der Waals surface area contributed by atoms with Crippen molar-refractivity contribution in [3.8, 4) is 11.1 Å². The molecule has 3 rings (SSSR count). The van der Waals surface area contributed by atoms with Crippen molar-refractivity contribution in [2.45, 2.75) is 43.0 Å². The van der Waals surface area contributed by atoms with E-state index in [1.165, 1.54) is 24.3 Å². The van der Waals surface area contributed by atoms with Crippen LogP contribution in [-0.4, -0.2) is 38.7 Å². The number of sulfone groups is 1. The Labute approximate surface area is 166 Å². The highest BCUT2D eigenvalue weighted by molar-refractivity contribution is 7.91. The summed E-state index contributed by atoms with van der Waals surface area (Å²) < 4.78 is 52.7. The van der Waals surface area contributed by atoms with Crippen molar-refractivity contribution in [1.82, 2.24) is 4.90 Å². The largest absolute Gasteiger partial charge is 0.304 e. The van der Waals surface area contributed by atoms with E-state index in [2.05, 4.69) is 25.9 Å². The van der Waals surface area contributed by atoms with Gasteiger partial charge in [0.25, 0.3) is 0 Å². The molecule has 2 aromatic carbocycles. The molecule has 0 bridgehead atoms. The summed E-state index contributed by atoms with van der Waals surface area (Å²) in [5.74, 6) is -1.01. The fourth-order valence-corrected chi connectivity index (χ4v) is 5.58. The van der Waals surface area contributed by atoms with E-state index in [1.54, 1.807) is 12.1 Å². The minimum absolute atomic E-state index is 0.140. The standard InChI is InChI=1S/C22H27F2NO2S/c1-22(25(2)3)12-10-16(11-13-22)15-28(26,27)19-7-4-17(5-8-19)20-9-6-18(23)14-21(20)24/h4-9,14,16H,10-13,15H2,1-3H3. The SMILES string of the molecule is CN(C)C1(C)CCC(CS(=O)(=O)c2ccc(-c3ccc(F)cc3F)cc2)CC1. The lowest BCUT2D eigenvalue weighted by Gasteiger charge is -2.42. The molecule has 6 heteroatoms. The zero-order valence-electron chi connectivity index (χ0n) is 16.6. The van der Waals surface area contributed by atoms with Gasteiger partial charge >= 0.3 is 0 Å². The fraction of sp³-hybridized carbons (Fsp3) is 0.455. The van der Waals surface area contributed by atoms with E-state index in [4.69, 9.17) is 0 Å². The first-order chi connectivity index (χ1) is 13.1. The fourth-order valence-electron chi connectivity index (χ4n) is 3.89. The van der Waals surface area contributed by atoms with Gasteiger partial charge in [-0.2, -0.15) is 0 Å². The summed E-state index contributed by atoms with van der Waals surface area (Å²) in [6.45, 7) is 2.23. The number of benzene rings is 2. The quantitative estimate of drug-likeness (QED) is 0.706. The highest BCUT2D eigenvalue weighted by Crippen LogP contribution is 2.36. The molecule has 0 amide bonds. The van der Waals surface area contributed by atoms with E-state index >= 15 is 0 Å². The number of hydrogen-bond donors (Lipinski definition) is 0. The molecule has 0 aliphatic heterocycles. The molecular weight excluding hydrogens is 380 g/mol. The maximum atomic E-state index is 13.9. The maximum Gasteiger partial charge on any atom is 0.178 e. The van der Waals surface area contributed by atoms with Gasteiger partial charge in [0.2, 0.25) is 0 Å². The molecule has 1 aliphatic carbocycles. The van der Waals surface area contributed by atoms with Crippen molar-refractivity contribution < 1.29 is 17.2 Å². The van der Waals surface area contributed by atoms with E-state index in [-0.39, 0.29) is 27.7 Å². The average molecular weight is 408 g/mol. The number of hydrogen-bond acceptors (Lipinski definition) is 3. The van der Waals surface area contributed by atoms with Crippen molar-refractivity contribution in [2.75, 3.05) is 19.8 Å². The first kappa shape index (κ1) is 20.9. The summed E-state index contributed by atoms with van der Waals surface area (Å²) in [6, 6.07) is 9.55. The van der Waals surface area contributed by atoms with E-state index in [0.717, 1.165) is 31.7 Å². The lowest BCUT2D eigenvalue weighted by atomic mass is 9.77. The molecule has 1 saturated carbocycles. The van der Waals surface area contributed by atoms with Crippen LogP contribution in [-0.2, 0) is 9.84 Å². The van der Waals surface area contributed by atoms with Crippen LogP contribution in [0.4, 0.5) is 8.78 Å². The van der Waals surface area contributed by atoms with E-state index in [0.29, 0.717) is 5.56 Å². The smallest absolute Gasteiger partial charge is 0.178 e. The third-order valence-corrected chi connectivity index (χ3v) is 8.07.